The highest BCUT2D eigenvalue weighted by Gasteiger charge is 2.22. The molecule has 0 spiro atoms. The topological polar surface area (TPSA) is 89.8 Å². The Morgan fingerprint density at radius 1 is 0.649 bits per heavy atom. The normalized spacial score (nSPS) is 14.4. The second-order valence-corrected chi connectivity index (χ2v) is 10.7. The van der Waals surface area contributed by atoms with E-state index < -0.39 is 24.2 Å². The quantitative estimate of drug-likeness (QED) is 0.0661. The largest absolute Gasteiger partial charge is 0.394 e. The van der Waals surface area contributed by atoms with Gasteiger partial charge in [0.1, 0.15) is 6.10 Å². The molecule has 4 N–H and O–H groups in total. The van der Waals surface area contributed by atoms with E-state index in [0.29, 0.717) is 6.42 Å². The first-order chi connectivity index (χ1) is 18.1. The summed E-state index contributed by atoms with van der Waals surface area (Å²) in [5.74, 6) is -0.517. The summed E-state index contributed by atoms with van der Waals surface area (Å²) in [5, 5.41) is 32.7. The first-order valence-electron chi connectivity index (χ1n) is 15.7. The van der Waals surface area contributed by atoms with Crippen LogP contribution in [-0.2, 0) is 4.79 Å². The van der Waals surface area contributed by atoms with E-state index in [2.05, 4.69) is 31.3 Å². The van der Waals surface area contributed by atoms with Crippen molar-refractivity contribution in [1.29, 1.82) is 0 Å². The molecule has 3 unspecified atom stereocenters. The van der Waals surface area contributed by atoms with Gasteiger partial charge in [0.05, 0.1) is 18.8 Å². The molecule has 218 valence electrons. The zero-order valence-corrected chi connectivity index (χ0v) is 24.3. The van der Waals surface area contributed by atoms with Crippen LogP contribution in [0.3, 0.4) is 0 Å². The molecule has 0 fully saturated rings. The average molecular weight is 524 g/mol. The molecule has 0 aliphatic carbocycles. The van der Waals surface area contributed by atoms with E-state index in [0.717, 1.165) is 44.9 Å². The Bertz CT molecular complexity index is 549. The number of carbonyl (C=O) groups is 1. The Kier molecular flexibility index (Phi) is 27.0. The molecule has 3 atom stereocenters. The molecule has 1 amide bonds. The third kappa shape index (κ3) is 23.7. The molecule has 0 radical (unpaired) electrons. The molecular weight excluding hydrogens is 462 g/mol. The van der Waals surface area contributed by atoms with Crippen molar-refractivity contribution in [3.8, 4) is 0 Å². The van der Waals surface area contributed by atoms with E-state index in [1.807, 2.05) is 6.08 Å². The van der Waals surface area contributed by atoms with Crippen molar-refractivity contribution in [2.45, 2.75) is 167 Å². The highest BCUT2D eigenvalue weighted by molar-refractivity contribution is 5.80. The molecule has 0 heterocycles. The van der Waals surface area contributed by atoms with Crippen LogP contribution >= 0.6 is 0 Å². The standard InChI is InChI=1S/C32H61NO4/c1-3-5-7-9-11-13-15-17-18-20-22-24-26-30(35)29(28-34)33-32(37)31(36)27-25-23-21-19-16-14-12-10-8-6-4-2/h12,14,24,26,29-31,34-36H,3-11,13,15-23,25,27-28H2,1-2H3,(H,33,37)/b14-12-,26-24+. The lowest BCUT2D eigenvalue weighted by atomic mass is 10.0. The molecule has 0 aromatic rings. The van der Waals surface area contributed by atoms with Gasteiger partial charge in [-0.25, -0.2) is 0 Å². The molecule has 0 saturated carbocycles. The predicted molar refractivity (Wildman–Crippen MR) is 158 cm³/mol. The third-order valence-corrected chi connectivity index (χ3v) is 7.04. The van der Waals surface area contributed by atoms with Crippen LogP contribution in [0.5, 0.6) is 0 Å². The number of hydrogen-bond acceptors (Lipinski definition) is 4. The zero-order chi connectivity index (χ0) is 27.4. The van der Waals surface area contributed by atoms with Gasteiger partial charge in [-0.2, -0.15) is 0 Å². The lowest BCUT2D eigenvalue weighted by molar-refractivity contribution is -0.131. The van der Waals surface area contributed by atoms with Crippen LogP contribution in [0.25, 0.3) is 0 Å². The molecular formula is C32H61NO4. The zero-order valence-electron chi connectivity index (χ0n) is 24.3. The van der Waals surface area contributed by atoms with E-state index in [1.165, 1.54) is 83.5 Å². The fourth-order valence-electron chi connectivity index (χ4n) is 4.47. The number of hydrogen-bond donors (Lipinski definition) is 4. The number of unbranched alkanes of at least 4 members (excludes halogenated alkanes) is 17. The van der Waals surface area contributed by atoms with Crippen molar-refractivity contribution in [2.24, 2.45) is 0 Å². The van der Waals surface area contributed by atoms with Gasteiger partial charge in [-0.15, -0.1) is 0 Å². The Hall–Kier alpha value is -1.17. The van der Waals surface area contributed by atoms with Crippen molar-refractivity contribution in [3.05, 3.63) is 24.3 Å². The second-order valence-electron chi connectivity index (χ2n) is 10.7. The molecule has 0 aliphatic rings. The molecule has 0 saturated heterocycles. The number of amides is 1. The monoisotopic (exact) mass is 523 g/mol. The minimum Gasteiger partial charge on any atom is -0.394 e. The summed E-state index contributed by atoms with van der Waals surface area (Å²) in [6.45, 7) is 4.10. The van der Waals surface area contributed by atoms with Crippen molar-refractivity contribution < 1.29 is 20.1 Å². The number of aliphatic hydroxyl groups is 3. The molecule has 5 heteroatoms. The molecule has 0 aliphatic heterocycles. The van der Waals surface area contributed by atoms with Crippen LogP contribution in [0, 0.1) is 0 Å². The maximum Gasteiger partial charge on any atom is 0.249 e. The van der Waals surface area contributed by atoms with Crippen LogP contribution in [-0.4, -0.2) is 46.1 Å². The molecule has 0 rings (SSSR count). The van der Waals surface area contributed by atoms with Gasteiger partial charge in [0, 0.05) is 0 Å². The number of nitrogens with one attached hydrogen (secondary N) is 1. The van der Waals surface area contributed by atoms with Crippen LogP contribution in [0.15, 0.2) is 24.3 Å². The predicted octanol–water partition coefficient (Wildman–Crippen LogP) is 7.53. The first kappa shape index (κ1) is 35.8. The number of carbonyl (C=O) groups excluding carboxylic acids is 1. The van der Waals surface area contributed by atoms with Crippen molar-refractivity contribution in [1.82, 2.24) is 5.32 Å². The lowest BCUT2D eigenvalue weighted by Crippen LogP contribution is -2.48. The number of allylic oxidation sites excluding steroid dienone is 3. The SMILES string of the molecule is CCCCC/C=C\CCCCCCC(O)C(=O)NC(CO)C(O)/C=C/CCCCCCCCCCCC. The van der Waals surface area contributed by atoms with Crippen LogP contribution in [0.4, 0.5) is 0 Å². The lowest BCUT2D eigenvalue weighted by Gasteiger charge is -2.21. The summed E-state index contributed by atoms with van der Waals surface area (Å²) in [6, 6.07) is -0.796. The third-order valence-electron chi connectivity index (χ3n) is 7.04. The van der Waals surface area contributed by atoms with E-state index in [4.69, 9.17) is 0 Å². The van der Waals surface area contributed by atoms with Gasteiger partial charge in [-0.1, -0.05) is 128 Å². The first-order valence-corrected chi connectivity index (χ1v) is 15.7. The van der Waals surface area contributed by atoms with Gasteiger partial charge in [0.2, 0.25) is 5.91 Å². The summed E-state index contributed by atoms with van der Waals surface area (Å²) >= 11 is 0. The van der Waals surface area contributed by atoms with Crippen LogP contribution < -0.4 is 5.32 Å². The molecule has 0 aromatic heterocycles. The van der Waals surface area contributed by atoms with Crippen LogP contribution in [0.2, 0.25) is 0 Å². The van der Waals surface area contributed by atoms with Gasteiger partial charge in [0.15, 0.2) is 0 Å². The second kappa shape index (κ2) is 27.9. The van der Waals surface area contributed by atoms with Gasteiger partial charge >= 0.3 is 0 Å². The fraction of sp³-hybridized carbons (Fsp3) is 0.844. The Morgan fingerprint density at radius 3 is 1.62 bits per heavy atom. The summed E-state index contributed by atoms with van der Waals surface area (Å²) in [5.41, 5.74) is 0. The highest BCUT2D eigenvalue weighted by atomic mass is 16.3. The summed E-state index contributed by atoms with van der Waals surface area (Å²) in [6.07, 6.45) is 30.4. The Labute approximate surface area is 229 Å². The van der Waals surface area contributed by atoms with E-state index in [9.17, 15) is 20.1 Å². The maximum atomic E-state index is 12.3. The summed E-state index contributed by atoms with van der Waals surface area (Å²) in [4.78, 5) is 12.3. The van der Waals surface area contributed by atoms with Gasteiger partial charge in [0.25, 0.3) is 0 Å². The van der Waals surface area contributed by atoms with Crippen LogP contribution in [0.1, 0.15) is 149 Å². The number of aliphatic hydroxyl groups excluding tert-OH is 3. The molecule has 5 nitrogen and oxygen atoms in total. The maximum absolute atomic E-state index is 12.3. The molecule has 37 heavy (non-hydrogen) atoms. The minimum absolute atomic E-state index is 0.367. The summed E-state index contributed by atoms with van der Waals surface area (Å²) < 4.78 is 0. The van der Waals surface area contributed by atoms with Gasteiger partial charge in [-0.05, 0) is 44.9 Å². The Balaban J connectivity index is 3.86. The van der Waals surface area contributed by atoms with Crippen molar-refractivity contribution in [3.63, 3.8) is 0 Å². The fourth-order valence-corrected chi connectivity index (χ4v) is 4.47. The average Bonchev–Trinajstić information content (AvgIpc) is 2.90. The summed E-state index contributed by atoms with van der Waals surface area (Å²) in [7, 11) is 0. The molecule has 0 aromatic carbocycles. The van der Waals surface area contributed by atoms with Crippen molar-refractivity contribution >= 4 is 5.91 Å². The highest BCUT2D eigenvalue weighted by Crippen LogP contribution is 2.12. The van der Waals surface area contributed by atoms with Gasteiger partial charge in [-0.3, -0.25) is 4.79 Å². The number of rotatable bonds is 27. The smallest absolute Gasteiger partial charge is 0.249 e. The van der Waals surface area contributed by atoms with Gasteiger partial charge < -0.3 is 20.6 Å². The van der Waals surface area contributed by atoms with E-state index in [1.54, 1.807) is 6.08 Å². The molecule has 0 bridgehead atoms. The van der Waals surface area contributed by atoms with Crippen molar-refractivity contribution in [2.75, 3.05) is 6.61 Å². The van der Waals surface area contributed by atoms with E-state index in [-0.39, 0.29) is 6.61 Å². The Morgan fingerprint density at radius 2 is 1.08 bits per heavy atom. The minimum atomic E-state index is -1.10. The van der Waals surface area contributed by atoms with E-state index >= 15 is 0 Å².